The van der Waals surface area contributed by atoms with Gasteiger partial charge in [0.05, 0.1) is 31.3 Å². The molecule has 9 nitrogen and oxygen atoms in total. The van der Waals surface area contributed by atoms with Gasteiger partial charge in [0.1, 0.15) is 5.56 Å². The van der Waals surface area contributed by atoms with E-state index in [9.17, 15) is 19.7 Å². The number of hydrogen-bond acceptors (Lipinski definition) is 7. The minimum Gasteiger partial charge on any atom is -0.493 e. The van der Waals surface area contributed by atoms with Gasteiger partial charge in [0, 0.05) is 6.07 Å². The molecule has 0 aliphatic heterocycles. The Balaban J connectivity index is 3.03. The molecule has 1 rings (SSSR count). The van der Waals surface area contributed by atoms with E-state index in [1.54, 1.807) is 6.92 Å². The van der Waals surface area contributed by atoms with Gasteiger partial charge in [-0.05, 0) is 6.92 Å². The van der Waals surface area contributed by atoms with Crippen molar-refractivity contribution < 1.29 is 28.7 Å². The van der Waals surface area contributed by atoms with Gasteiger partial charge >= 0.3 is 5.97 Å². The highest BCUT2D eigenvalue weighted by Gasteiger charge is 2.26. The first-order valence-corrected chi connectivity index (χ1v) is 6.81. The van der Waals surface area contributed by atoms with Crippen LogP contribution in [0.2, 0.25) is 0 Å². The van der Waals surface area contributed by atoms with E-state index in [1.165, 1.54) is 7.11 Å². The van der Waals surface area contributed by atoms with Crippen LogP contribution in [-0.4, -0.2) is 43.7 Å². The lowest BCUT2D eigenvalue weighted by molar-refractivity contribution is -0.385. The number of carbonyl (C=O) groups is 2. The van der Waals surface area contributed by atoms with Crippen molar-refractivity contribution in [2.45, 2.75) is 6.92 Å². The summed E-state index contributed by atoms with van der Waals surface area (Å²) in [5.74, 6) is 0.768. The normalized spacial score (nSPS) is 9.54. The number of terminal acetylenes is 1. The quantitative estimate of drug-likeness (QED) is 0.324. The highest BCUT2D eigenvalue weighted by atomic mass is 16.6. The minimum atomic E-state index is -1.04. The van der Waals surface area contributed by atoms with Crippen LogP contribution in [0.1, 0.15) is 17.3 Å². The lowest BCUT2D eigenvalue weighted by atomic mass is 10.1. The van der Waals surface area contributed by atoms with Crippen LogP contribution in [0.25, 0.3) is 0 Å². The fourth-order valence-electron chi connectivity index (χ4n) is 1.70. The molecule has 0 saturated carbocycles. The van der Waals surface area contributed by atoms with Crippen LogP contribution in [0.3, 0.4) is 0 Å². The topological polar surface area (TPSA) is 117 Å². The lowest BCUT2D eigenvalue weighted by Gasteiger charge is -2.11. The Hall–Kier alpha value is -3.28. The molecule has 0 aliphatic rings. The van der Waals surface area contributed by atoms with Crippen LogP contribution in [0.4, 0.5) is 5.69 Å². The van der Waals surface area contributed by atoms with Crippen LogP contribution in [0.5, 0.6) is 11.5 Å². The zero-order chi connectivity index (χ0) is 18.1. The Morgan fingerprint density at radius 3 is 2.62 bits per heavy atom. The number of nitro benzene ring substituents is 1. The maximum absolute atomic E-state index is 12.0. The van der Waals surface area contributed by atoms with E-state index in [2.05, 4.69) is 11.2 Å². The summed E-state index contributed by atoms with van der Waals surface area (Å²) < 4.78 is 15.0. The standard InChI is InChI=1S/C15H16N2O7/c1-4-6-16-14(18)9-24-15(19)10-7-12(22-3)13(23-5-2)8-11(10)17(20)21/h1,7-8H,5-6,9H2,2-3H3,(H,16,18). The molecule has 0 radical (unpaired) electrons. The molecule has 1 amide bonds. The van der Waals surface area contributed by atoms with E-state index < -0.39 is 29.1 Å². The molecule has 1 aromatic rings. The summed E-state index contributed by atoms with van der Waals surface area (Å²) in [4.78, 5) is 33.8. The summed E-state index contributed by atoms with van der Waals surface area (Å²) in [7, 11) is 1.33. The molecule has 0 saturated heterocycles. The number of ether oxygens (including phenoxy) is 3. The second-order valence-corrected chi connectivity index (χ2v) is 4.27. The average Bonchev–Trinajstić information content (AvgIpc) is 2.57. The number of nitro groups is 1. The third-order valence-corrected chi connectivity index (χ3v) is 2.72. The first kappa shape index (κ1) is 18.8. The van der Waals surface area contributed by atoms with Crippen LogP contribution >= 0.6 is 0 Å². The van der Waals surface area contributed by atoms with Gasteiger partial charge in [0.15, 0.2) is 18.1 Å². The summed E-state index contributed by atoms with van der Waals surface area (Å²) in [6.07, 6.45) is 4.97. The molecule has 1 aromatic carbocycles. The second-order valence-electron chi connectivity index (χ2n) is 4.27. The predicted molar refractivity (Wildman–Crippen MR) is 82.9 cm³/mol. The van der Waals surface area contributed by atoms with Crippen molar-refractivity contribution in [1.29, 1.82) is 0 Å². The molecular weight excluding hydrogens is 320 g/mol. The van der Waals surface area contributed by atoms with Gasteiger partial charge in [-0.3, -0.25) is 14.9 Å². The van der Waals surface area contributed by atoms with Crippen LogP contribution in [0.15, 0.2) is 12.1 Å². The first-order valence-electron chi connectivity index (χ1n) is 6.81. The number of benzene rings is 1. The fraction of sp³-hybridized carbons (Fsp3) is 0.333. The minimum absolute atomic E-state index is 0.0204. The Morgan fingerprint density at radius 2 is 2.08 bits per heavy atom. The number of hydrogen-bond donors (Lipinski definition) is 1. The summed E-state index contributed by atoms with van der Waals surface area (Å²) in [5, 5.41) is 13.5. The number of methoxy groups -OCH3 is 1. The van der Waals surface area contributed by atoms with E-state index in [-0.39, 0.29) is 30.2 Å². The molecule has 24 heavy (non-hydrogen) atoms. The number of nitrogens with one attached hydrogen (secondary N) is 1. The maximum atomic E-state index is 12.0. The molecule has 0 heterocycles. The Labute approximate surface area is 138 Å². The van der Waals surface area contributed by atoms with Crippen molar-refractivity contribution in [3.63, 3.8) is 0 Å². The van der Waals surface area contributed by atoms with E-state index >= 15 is 0 Å². The molecular formula is C15H16N2O7. The summed E-state index contributed by atoms with van der Waals surface area (Å²) in [5.41, 5.74) is -0.877. The molecule has 0 aliphatic carbocycles. The number of carbonyl (C=O) groups excluding carboxylic acids is 2. The third kappa shape index (κ3) is 4.88. The molecule has 0 unspecified atom stereocenters. The molecule has 0 aromatic heterocycles. The summed E-state index contributed by atoms with van der Waals surface area (Å²) >= 11 is 0. The molecule has 9 heteroatoms. The SMILES string of the molecule is C#CCNC(=O)COC(=O)c1cc(OC)c(OCC)cc1[N+](=O)[O-]. The zero-order valence-electron chi connectivity index (χ0n) is 13.2. The molecule has 0 fully saturated rings. The Morgan fingerprint density at radius 1 is 1.38 bits per heavy atom. The van der Waals surface area contributed by atoms with E-state index in [1.807, 2.05) is 0 Å². The number of amides is 1. The van der Waals surface area contributed by atoms with Gasteiger partial charge < -0.3 is 19.5 Å². The smallest absolute Gasteiger partial charge is 0.345 e. The van der Waals surface area contributed by atoms with E-state index in [4.69, 9.17) is 20.6 Å². The van der Waals surface area contributed by atoms with Gasteiger partial charge in [-0.1, -0.05) is 5.92 Å². The molecule has 1 N–H and O–H groups in total. The van der Waals surface area contributed by atoms with Crippen molar-refractivity contribution >= 4 is 17.6 Å². The first-order chi connectivity index (χ1) is 11.4. The van der Waals surface area contributed by atoms with Crippen LogP contribution < -0.4 is 14.8 Å². The van der Waals surface area contributed by atoms with Crippen LogP contribution in [-0.2, 0) is 9.53 Å². The van der Waals surface area contributed by atoms with Gasteiger partial charge in [-0.2, -0.15) is 0 Å². The molecule has 0 bridgehead atoms. The Bertz CT molecular complexity index is 679. The van der Waals surface area contributed by atoms with Crippen molar-refractivity contribution in [3.8, 4) is 23.8 Å². The van der Waals surface area contributed by atoms with E-state index in [0.29, 0.717) is 0 Å². The van der Waals surface area contributed by atoms with Crippen molar-refractivity contribution in [2.75, 3.05) is 26.9 Å². The van der Waals surface area contributed by atoms with Gasteiger partial charge in [-0.15, -0.1) is 6.42 Å². The molecule has 0 spiro atoms. The fourth-order valence-corrected chi connectivity index (χ4v) is 1.70. The highest BCUT2D eigenvalue weighted by Crippen LogP contribution is 2.35. The van der Waals surface area contributed by atoms with Crippen molar-refractivity contribution in [1.82, 2.24) is 5.32 Å². The summed E-state index contributed by atoms with van der Waals surface area (Å²) in [6, 6.07) is 2.20. The van der Waals surface area contributed by atoms with Gasteiger partial charge in [-0.25, -0.2) is 4.79 Å². The third-order valence-electron chi connectivity index (χ3n) is 2.72. The van der Waals surface area contributed by atoms with E-state index in [0.717, 1.165) is 12.1 Å². The number of esters is 1. The highest BCUT2D eigenvalue weighted by molar-refractivity contribution is 5.96. The van der Waals surface area contributed by atoms with Gasteiger partial charge in [0.2, 0.25) is 0 Å². The summed E-state index contributed by atoms with van der Waals surface area (Å²) in [6.45, 7) is 1.31. The lowest BCUT2D eigenvalue weighted by Crippen LogP contribution is -2.29. The molecule has 128 valence electrons. The Kier molecular flexibility index (Phi) is 7.03. The number of nitrogens with zero attached hydrogens (tertiary/aromatic N) is 1. The predicted octanol–water partition coefficient (Wildman–Crippen LogP) is 0.908. The number of rotatable bonds is 8. The second kappa shape index (κ2) is 8.99. The van der Waals surface area contributed by atoms with Crippen molar-refractivity contribution in [2.24, 2.45) is 0 Å². The van der Waals surface area contributed by atoms with Crippen LogP contribution in [0, 0.1) is 22.5 Å². The van der Waals surface area contributed by atoms with Gasteiger partial charge in [0.25, 0.3) is 11.6 Å². The maximum Gasteiger partial charge on any atom is 0.345 e. The monoisotopic (exact) mass is 336 g/mol. The molecule has 0 atom stereocenters. The largest absolute Gasteiger partial charge is 0.493 e. The zero-order valence-corrected chi connectivity index (χ0v) is 13.2. The average molecular weight is 336 g/mol. The van der Waals surface area contributed by atoms with Crippen molar-refractivity contribution in [3.05, 3.63) is 27.8 Å².